The molecule has 3 aromatic carbocycles. The van der Waals surface area contributed by atoms with Crippen LogP contribution in [-0.4, -0.2) is 54.8 Å². The predicted octanol–water partition coefficient (Wildman–Crippen LogP) is 4.75. The van der Waals surface area contributed by atoms with E-state index in [0.717, 1.165) is 27.6 Å². The van der Waals surface area contributed by atoms with Crippen LogP contribution in [0.15, 0.2) is 72.9 Å². The standard InChI is InChI=1S/C32H33N3O5/c1-20(21-12-13-27-28(18-21)40-17-16-39-27)33-31(36)29-23-9-4-5-10-24(23)32(37)35(14-15-38-3)30(29)25-19-34(2)26-11-7-6-8-22(25)26/h4-13,18-20,29-30H,14-17H2,1-3H3,(H,33,36). The van der Waals surface area contributed by atoms with Crippen LogP contribution < -0.4 is 14.8 Å². The highest BCUT2D eigenvalue weighted by atomic mass is 16.6. The molecule has 40 heavy (non-hydrogen) atoms. The Bertz CT molecular complexity index is 1580. The Morgan fingerprint density at radius 2 is 1.77 bits per heavy atom. The first-order valence-corrected chi connectivity index (χ1v) is 13.6. The fourth-order valence-electron chi connectivity index (χ4n) is 5.98. The minimum absolute atomic E-state index is 0.102. The molecule has 206 valence electrons. The average molecular weight is 540 g/mol. The molecule has 1 aromatic heterocycles. The van der Waals surface area contributed by atoms with Crippen LogP contribution in [0.2, 0.25) is 0 Å². The number of hydrogen-bond donors (Lipinski definition) is 1. The second-order valence-corrected chi connectivity index (χ2v) is 10.3. The molecule has 6 rings (SSSR count). The van der Waals surface area contributed by atoms with Crippen LogP contribution in [0.5, 0.6) is 11.5 Å². The quantitative estimate of drug-likeness (QED) is 0.367. The van der Waals surface area contributed by atoms with Gasteiger partial charge in [0.15, 0.2) is 11.5 Å². The van der Waals surface area contributed by atoms with E-state index in [-0.39, 0.29) is 17.9 Å². The minimum Gasteiger partial charge on any atom is -0.486 e. The maximum absolute atomic E-state index is 14.3. The number of nitrogens with zero attached hydrogens (tertiary/aromatic N) is 2. The highest BCUT2D eigenvalue weighted by Gasteiger charge is 2.45. The number of aryl methyl sites for hydroxylation is 1. The number of amides is 2. The zero-order valence-corrected chi connectivity index (χ0v) is 22.9. The van der Waals surface area contributed by atoms with Gasteiger partial charge in [0, 0.05) is 48.9 Å². The number of rotatable bonds is 7. The average Bonchev–Trinajstić information content (AvgIpc) is 3.32. The lowest BCUT2D eigenvalue weighted by Gasteiger charge is -2.42. The zero-order chi connectivity index (χ0) is 27.8. The lowest BCUT2D eigenvalue weighted by Crippen LogP contribution is -2.48. The first kappa shape index (κ1) is 26.0. The van der Waals surface area contributed by atoms with E-state index in [1.165, 1.54) is 0 Å². The third-order valence-electron chi connectivity index (χ3n) is 7.93. The summed E-state index contributed by atoms with van der Waals surface area (Å²) in [5, 5.41) is 4.26. The van der Waals surface area contributed by atoms with Crippen molar-refractivity contribution in [2.45, 2.75) is 24.9 Å². The SMILES string of the molecule is COCCN1C(=O)c2ccccc2C(C(=O)NC(C)c2ccc3c(c2)OCCO3)C1c1cn(C)c2ccccc12. The third-order valence-corrected chi connectivity index (χ3v) is 7.93. The van der Waals surface area contributed by atoms with Crippen molar-refractivity contribution in [3.8, 4) is 11.5 Å². The first-order valence-electron chi connectivity index (χ1n) is 13.6. The first-order chi connectivity index (χ1) is 19.5. The Morgan fingerprint density at radius 1 is 1.02 bits per heavy atom. The molecule has 2 amide bonds. The van der Waals surface area contributed by atoms with Crippen LogP contribution in [0.1, 0.15) is 52.0 Å². The maximum atomic E-state index is 14.3. The molecular weight excluding hydrogens is 506 g/mol. The number of hydrogen-bond acceptors (Lipinski definition) is 5. The minimum atomic E-state index is -0.628. The highest BCUT2D eigenvalue weighted by molar-refractivity contribution is 6.02. The molecule has 0 bridgehead atoms. The number of carbonyl (C=O) groups is 2. The van der Waals surface area contributed by atoms with E-state index in [1.807, 2.05) is 68.7 Å². The van der Waals surface area contributed by atoms with Crippen LogP contribution in [0, 0.1) is 0 Å². The summed E-state index contributed by atoms with van der Waals surface area (Å²) in [4.78, 5) is 30.0. The molecule has 0 spiro atoms. The lowest BCUT2D eigenvalue weighted by molar-refractivity contribution is -0.125. The monoisotopic (exact) mass is 539 g/mol. The van der Waals surface area contributed by atoms with Crippen molar-refractivity contribution in [2.24, 2.45) is 7.05 Å². The van der Waals surface area contributed by atoms with Crippen LogP contribution in [0.25, 0.3) is 10.9 Å². The molecule has 3 heterocycles. The molecular formula is C32H33N3O5. The zero-order valence-electron chi connectivity index (χ0n) is 22.9. The summed E-state index contributed by atoms with van der Waals surface area (Å²) < 4.78 is 18.9. The fraction of sp³-hybridized carbons (Fsp3) is 0.312. The second-order valence-electron chi connectivity index (χ2n) is 10.3. The summed E-state index contributed by atoms with van der Waals surface area (Å²) in [5.74, 6) is 0.504. The molecule has 3 unspecified atom stereocenters. The normalized spacial score (nSPS) is 18.9. The van der Waals surface area contributed by atoms with Gasteiger partial charge >= 0.3 is 0 Å². The Labute approximate surface area is 233 Å². The van der Waals surface area contributed by atoms with Gasteiger partial charge in [0.05, 0.1) is 24.6 Å². The van der Waals surface area contributed by atoms with E-state index in [1.54, 1.807) is 18.1 Å². The van der Waals surface area contributed by atoms with Gasteiger partial charge in [-0.05, 0) is 42.3 Å². The molecule has 1 N–H and O–H groups in total. The Kier molecular flexibility index (Phi) is 6.94. The van der Waals surface area contributed by atoms with Gasteiger partial charge in [-0.2, -0.15) is 0 Å². The molecule has 8 heteroatoms. The summed E-state index contributed by atoms with van der Waals surface area (Å²) >= 11 is 0. The molecule has 2 aliphatic heterocycles. The number of aromatic nitrogens is 1. The summed E-state index contributed by atoms with van der Waals surface area (Å²) in [7, 11) is 3.61. The van der Waals surface area contributed by atoms with Gasteiger partial charge in [-0.3, -0.25) is 9.59 Å². The Morgan fingerprint density at radius 3 is 2.60 bits per heavy atom. The smallest absolute Gasteiger partial charge is 0.254 e. The van der Waals surface area contributed by atoms with Crippen LogP contribution in [0.3, 0.4) is 0 Å². The molecule has 0 saturated heterocycles. The topological polar surface area (TPSA) is 82.0 Å². The van der Waals surface area contributed by atoms with Crippen molar-refractivity contribution >= 4 is 22.7 Å². The molecule has 0 radical (unpaired) electrons. The Hall–Kier alpha value is -4.30. The number of fused-ring (bicyclic) bond motifs is 3. The van der Waals surface area contributed by atoms with E-state index >= 15 is 0 Å². The molecule has 2 aliphatic rings. The van der Waals surface area contributed by atoms with Gasteiger partial charge in [-0.1, -0.05) is 42.5 Å². The largest absolute Gasteiger partial charge is 0.486 e. The molecule has 0 aliphatic carbocycles. The van der Waals surface area contributed by atoms with Crippen molar-refractivity contribution < 1.29 is 23.8 Å². The Balaban J connectivity index is 1.43. The van der Waals surface area contributed by atoms with E-state index in [9.17, 15) is 9.59 Å². The predicted molar refractivity (Wildman–Crippen MR) is 152 cm³/mol. The summed E-state index contributed by atoms with van der Waals surface area (Å²) in [6.07, 6.45) is 2.04. The third kappa shape index (κ3) is 4.48. The maximum Gasteiger partial charge on any atom is 0.254 e. The number of benzene rings is 3. The van der Waals surface area contributed by atoms with Crippen LogP contribution in [-0.2, 0) is 16.6 Å². The number of nitrogens with one attached hydrogen (secondary N) is 1. The van der Waals surface area contributed by atoms with Crippen molar-refractivity contribution in [1.29, 1.82) is 0 Å². The van der Waals surface area contributed by atoms with E-state index in [0.29, 0.717) is 43.4 Å². The van der Waals surface area contributed by atoms with Gasteiger partial charge in [0.25, 0.3) is 5.91 Å². The molecule has 0 saturated carbocycles. The summed E-state index contributed by atoms with van der Waals surface area (Å²) in [6.45, 7) is 3.69. The number of ether oxygens (including phenoxy) is 3. The molecule has 8 nitrogen and oxygen atoms in total. The number of para-hydroxylation sites is 1. The number of carbonyl (C=O) groups excluding carboxylic acids is 2. The van der Waals surface area contributed by atoms with Gasteiger partial charge in [0.2, 0.25) is 5.91 Å². The van der Waals surface area contributed by atoms with Gasteiger partial charge in [0.1, 0.15) is 13.2 Å². The van der Waals surface area contributed by atoms with Crippen molar-refractivity contribution in [2.75, 3.05) is 33.5 Å². The van der Waals surface area contributed by atoms with Gasteiger partial charge < -0.3 is 29.0 Å². The van der Waals surface area contributed by atoms with E-state index in [2.05, 4.69) is 22.0 Å². The van der Waals surface area contributed by atoms with E-state index < -0.39 is 12.0 Å². The summed E-state index contributed by atoms with van der Waals surface area (Å²) in [6, 6.07) is 20.5. The number of methoxy groups -OCH3 is 1. The van der Waals surface area contributed by atoms with Crippen molar-refractivity contribution in [3.63, 3.8) is 0 Å². The molecule has 0 fully saturated rings. The lowest BCUT2D eigenvalue weighted by atomic mass is 9.79. The second kappa shape index (κ2) is 10.7. The van der Waals surface area contributed by atoms with Crippen LogP contribution >= 0.6 is 0 Å². The van der Waals surface area contributed by atoms with Crippen molar-refractivity contribution in [1.82, 2.24) is 14.8 Å². The van der Waals surface area contributed by atoms with E-state index in [4.69, 9.17) is 14.2 Å². The van der Waals surface area contributed by atoms with Gasteiger partial charge in [-0.15, -0.1) is 0 Å². The molecule has 3 atom stereocenters. The highest BCUT2D eigenvalue weighted by Crippen LogP contribution is 2.45. The fourth-order valence-corrected chi connectivity index (χ4v) is 5.98. The summed E-state index contributed by atoms with van der Waals surface area (Å²) in [5.41, 5.74) is 4.16. The van der Waals surface area contributed by atoms with Crippen LogP contribution in [0.4, 0.5) is 0 Å². The van der Waals surface area contributed by atoms with Gasteiger partial charge in [-0.25, -0.2) is 0 Å². The molecule has 4 aromatic rings. The van der Waals surface area contributed by atoms with Crippen molar-refractivity contribution in [3.05, 3.63) is 95.2 Å².